The first-order chi connectivity index (χ1) is 15.6. The van der Waals surface area contributed by atoms with E-state index >= 15 is 0 Å². The number of hydrogen-bond donors (Lipinski definition) is 3. The van der Waals surface area contributed by atoms with Crippen molar-refractivity contribution in [2.75, 3.05) is 32.6 Å². The molecule has 0 saturated carbocycles. The second-order valence-corrected chi connectivity index (χ2v) is 8.11. The first-order valence-corrected chi connectivity index (χ1v) is 10.8. The topological polar surface area (TPSA) is 105 Å². The average molecular weight is 440 g/mol. The molecule has 2 aliphatic heterocycles. The number of anilines is 1. The molecule has 1 aromatic carbocycles. The van der Waals surface area contributed by atoms with Crippen molar-refractivity contribution >= 4 is 17.5 Å². The lowest BCUT2D eigenvalue weighted by molar-refractivity contribution is -0.136. The maximum atomic E-state index is 13.0. The van der Waals surface area contributed by atoms with E-state index in [2.05, 4.69) is 21.2 Å². The molecule has 2 fully saturated rings. The molecule has 2 aromatic rings. The lowest BCUT2D eigenvalue weighted by Crippen LogP contribution is -2.49. The van der Waals surface area contributed by atoms with Crippen molar-refractivity contribution in [3.05, 3.63) is 48.3 Å². The van der Waals surface area contributed by atoms with Gasteiger partial charge < -0.3 is 19.7 Å². The summed E-state index contributed by atoms with van der Waals surface area (Å²) in [6, 6.07) is 8.94. The summed E-state index contributed by atoms with van der Waals surface area (Å²) in [6.45, 7) is 1.13. The average Bonchev–Trinajstić information content (AvgIpc) is 3.34. The van der Waals surface area contributed by atoms with Crippen LogP contribution in [0.1, 0.15) is 30.9 Å². The van der Waals surface area contributed by atoms with Crippen LogP contribution in [-0.4, -0.2) is 55.0 Å². The summed E-state index contributed by atoms with van der Waals surface area (Å²) in [4.78, 5) is 31.7. The third-order valence-corrected chi connectivity index (χ3v) is 6.08. The second kappa shape index (κ2) is 9.97. The Labute approximate surface area is 187 Å². The number of hydrogen-bond acceptors (Lipinski definition) is 7. The molecule has 9 nitrogen and oxygen atoms in total. The van der Waals surface area contributed by atoms with Crippen LogP contribution in [0, 0.1) is 5.92 Å². The molecule has 1 aromatic heterocycles. The van der Waals surface area contributed by atoms with Crippen LogP contribution in [0.4, 0.5) is 5.69 Å². The molecule has 170 valence electrons. The van der Waals surface area contributed by atoms with Gasteiger partial charge in [-0.3, -0.25) is 14.6 Å². The lowest BCUT2D eigenvalue weighted by atomic mass is 9.94. The highest BCUT2D eigenvalue weighted by Crippen LogP contribution is 2.28. The van der Waals surface area contributed by atoms with E-state index in [4.69, 9.17) is 9.47 Å². The number of rotatable bonds is 6. The predicted octanol–water partition coefficient (Wildman–Crippen LogP) is 1.88. The van der Waals surface area contributed by atoms with Gasteiger partial charge in [-0.05, 0) is 30.9 Å². The Balaban J connectivity index is 1.28. The Hall–Kier alpha value is -3.17. The number of ether oxygens (including phenoxy) is 2. The first kappa shape index (κ1) is 22.0. The van der Waals surface area contributed by atoms with Crippen LogP contribution in [0.15, 0.2) is 42.7 Å². The van der Waals surface area contributed by atoms with Crippen molar-refractivity contribution in [1.82, 2.24) is 20.7 Å². The molecule has 9 heteroatoms. The molecule has 0 bridgehead atoms. The van der Waals surface area contributed by atoms with Gasteiger partial charge in [-0.25, -0.2) is 10.9 Å². The van der Waals surface area contributed by atoms with E-state index in [0.29, 0.717) is 49.5 Å². The molecule has 2 aliphatic rings. The Kier molecular flexibility index (Phi) is 6.87. The standard InChI is InChI=1S/C23H29N5O4/c1-31-18-10-17(11-19(12-18)32-2)25-22(29)15-5-8-28(9-6-15)23(30)21-13-20(26-27-21)16-4-3-7-24-14-16/h3-4,7,10-12,14-15,20-21,26-27H,5-6,8-9,13H2,1-2H3,(H,25,29). The third-order valence-electron chi connectivity index (χ3n) is 6.08. The van der Waals surface area contributed by atoms with E-state index < -0.39 is 0 Å². The molecule has 0 aliphatic carbocycles. The van der Waals surface area contributed by atoms with Crippen molar-refractivity contribution in [2.24, 2.45) is 5.92 Å². The van der Waals surface area contributed by atoms with Gasteiger partial charge in [0, 0.05) is 61.3 Å². The molecular weight excluding hydrogens is 410 g/mol. The van der Waals surface area contributed by atoms with Gasteiger partial charge in [0.2, 0.25) is 11.8 Å². The quantitative estimate of drug-likeness (QED) is 0.631. The van der Waals surface area contributed by atoms with E-state index in [1.165, 1.54) is 0 Å². The fraction of sp³-hybridized carbons (Fsp3) is 0.435. The Morgan fingerprint density at radius 1 is 1.09 bits per heavy atom. The molecule has 3 heterocycles. The number of nitrogens with zero attached hydrogens (tertiary/aromatic N) is 2. The number of methoxy groups -OCH3 is 2. The summed E-state index contributed by atoms with van der Waals surface area (Å²) in [7, 11) is 3.14. The Morgan fingerprint density at radius 2 is 1.81 bits per heavy atom. The van der Waals surface area contributed by atoms with Gasteiger partial charge in [-0.15, -0.1) is 0 Å². The van der Waals surface area contributed by atoms with Gasteiger partial charge in [-0.2, -0.15) is 0 Å². The fourth-order valence-electron chi connectivity index (χ4n) is 4.23. The maximum absolute atomic E-state index is 13.0. The van der Waals surface area contributed by atoms with Crippen molar-refractivity contribution in [1.29, 1.82) is 0 Å². The summed E-state index contributed by atoms with van der Waals surface area (Å²) in [5.74, 6) is 1.10. The summed E-state index contributed by atoms with van der Waals surface area (Å²) >= 11 is 0. The van der Waals surface area contributed by atoms with Gasteiger partial charge in [0.15, 0.2) is 0 Å². The SMILES string of the molecule is COc1cc(NC(=O)C2CCN(C(=O)C3CC(c4cccnc4)NN3)CC2)cc(OC)c1. The van der Waals surface area contributed by atoms with Crippen LogP contribution in [0.25, 0.3) is 0 Å². The van der Waals surface area contributed by atoms with Crippen molar-refractivity contribution < 1.29 is 19.1 Å². The zero-order valence-corrected chi connectivity index (χ0v) is 18.3. The summed E-state index contributed by atoms with van der Waals surface area (Å²) < 4.78 is 10.5. The number of piperidine rings is 1. The summed E-state index contributed by atoms with van der Waals surface area (Å²) in [6.07, 6.45) is 5.48. The minimum atomic E-state index is -0.283. The van der Waals surface area contributed by atoms with Gasteiger partial charge >= 0.3 is 0 Å². The first-order valence-electron chi connectivity index (χ1n) is 10.8. The van der Waals surface area contributed by atoms with E-state index in [1.54, 1.807) is 38.6 Å². The predicted molar refractivity (Wildman–Crippen MR) is 119 cm³/mol. The zero-order chi connectivity index (χ0) is 22.5. The van der Waals surface area contributed by atoms with Gasteiger partial charge in [0.25, 0.3) is 0 Å². The number of benzene rings is 1. The van der Waals surface area contributed by atoms with E-state index in [0.717, 1.165) is 5.56 Å². The maximum Gasteiger partial charge on any atom is 0.241 e. The highest BCUT2D eigenvalue weighted by atomic mass is 16.5. The molecule has 0 radical (unpaired) electrons. The number of hydrazine groups is 1. The monoisotopic (exact) mass is 439 g/mol. The van der Waals surface area contributed by atoms with Crippen LogP contribution in [0.3, 0.4) is 0 Å². The van der Waals surface area contributed by atoms with Gasteiger partial charge in [-0.1, -0.05) is 6.07 Å². The number of amides is 2. The number of likely N-dealkylation sites (tertiary alicyclic amines) is 1. The third kappa shape index (κ3) is 5.00. The zero-order valence-electron chi connectivity index (χ0n) is 18.3. The number of pyridine rings is 1. The van der Waals surface area contributed by atoms with Crippen LogP contribution in [0.2, 0.25) is 0 Å². The molecule has 2 amide bonds. The lowest BCUT2D eigenvalue weighted by Gasteiger charge is -2.32. The van der Waals surface area contributed by atoms with Gasteiger partial charge in [0.1, 0.15) is 17.5 Å². The van der Waals surface area contributed by atoms with Crippen LogP contribution < -0.4 is 25.6 Å². The summed E-state index contributed by atoms with van der Waals surface area (Å²) in [5, 5.41) is 2.95. The van der Waals surface area contributed by atoms with Crippen molar-refractivity contribution in [2.45, 2.75) is 31.3 Å². The number of carbonyl (C=O) groups is 2. The molecule has 2 saturated heterocycles. The van der Waals surface area contributed by atoms with E-state index in [1.807, 2.05) is 23.2 Å². The molecule has 4 rings (SSSR count). The number of carbonyl (C=O) groups excluding carboxylic acids is 2. The Bertz CT molecular complexity index is 924. The highest BCUT2D eigenvalue weighted by molar-refractivity contribution is 5.93. The summed E-state index contributed by atoms with van der Waals surface area (Å²) in [5.41, 5.74) is 8.00. The smallest absolute Gasteiger partial charge is 0.241 e. The van der Waals surface area contributed by atoms with Gasteiger partial charge in [0.05, 0.1) is 14.2 Å². The van der Waals surface area contributed by atoms with E-state index in [-0.39, 0.29) is 29.8 Å². The van der Waals surface area contributed by atoms with E-state index in [9.17, 15) is 9.59 Å². The Morgan fingerprint density at radius 3 is 2.44 bits per heavy atom. The fourth-order valence-corrected chi connectivity index (χ4v) is 4.23. The van der Waals surface area contributed by atoms with Crippen LogP contribution in [0.5, 0.6) is 11.5 Å². The molecular formula is C23H29N5O4. The van der Waals surface area contributed by atoms with Crippen LogP contribution >= 0.6 is 0 Å². The van der Waals surface area contributed by atoms with Crippen LogP contribution in [-0.2, 0) is 9.59 Å². The van der Waals surface area contributed by atoms with Crippen molar-refractivity contribution in [3.8, 4) is 11.5 Å². The number of aromatic nitrogens is 1. The highest BCUT2D eigenvalue weighted by Gasteiger charge is 2.35. The second-order valence-electron chi connectivity index (χ2n) is 8.11. The minimum absolute atomic E-state index is 0.0512. The minimum Gasteiger partial charge on any atom is -0.497 e. The number of nitrogens with one attached hydrogen (secondary N) is 3. The molecule has 2 atom stereocenters. The molecule has 32 heavy (non-hydrogen) atoms. The van der Waals surface area contributed by atoms with Crippen molar-refractivity contribution in [3.63, 3.8) is 0 Å². The normalized spacial score (nSPS) is 21.2. The molecule has 3 N–H and O–H groups in total. The molecule has 0 spiro atoms. The molecule has 2 unspecified atom stereocenters. The largest absolute Gasteiger partial charge is 0.497 e.